The van der Waals surface area contributed by atoms with Crippen molar-refractivity contribution in [2.24, 2.45) is 5.73 Å². The summed E-state index contributed by atoms with van der Waals surface area (Å²) in [5.74, 6) is 0. The Kier molecular flexibility index (Phi) is 3.24. The number of aliphatic hydroxyl groups is 1. The molecule has 2 aromatic rings. The number of nitrogens with two attached hydrogens (primary N) is 1. The van der Waals surface area contributed by atoms with E-state index in [1.807, 2.05) is 12.1 Å². The van der Waals surface area contributed by atoms with Crippen LogP contribution in [0, 0.1) is 0 Å². The van der Waals surface area contributed by atoms with E-state index < -0.39 is 6.10 Å². The summed E-state index contributed by atoms with van der Waals surface area (Å²) >= 11 is 6.11. The van der Waals surface area contributed by atoms with Crippen molar-refractivity contribution < 1.29 is 5.11 Å². The minimum absolute atomic E-state index is 0.178. The Labute approximate surface area is 98.3 Å². The van der Waals surface area contributed by atoms with Crippen LogP contribution in [0.15, 0.2) is 36.7 Å². The fourth-order valence-corrected chi connectivity index (χ4v) is 1.74. The standard InChI is InChI=1S/C11H12ClN3O/c12-9-6-8(11(16)7-13)2-3-10(9)15-5-1-4-14-15/h1-6,11,16H,7,13H2. The van der Waals surface area contributed by atoms with Crippen LogP contribution in [-0.4, -0.2) is 21.4 Å². The molecule has 5 heteroatoms. The highest BCUT2D eigenvalue weighted by molar-refractivity contribution is 6.32. The molecule has 0 aliphatic carbocycles. The van der Waals surface area contributed by atoms with Gasteiger partial charge in [0.15, 0.2) is 0 Å². The zero-order valence-electron chi connectivity index (χ0n) is 8.55. The molecular formula is C11H12ClN3O. The van der Waals surface area contributed by atoms with Gasteiger partial charge in [0.2, 0.25) is 0 Å². The van der Waals surface area contributed by atoms with Crippen molar-refractivity contribution >= 4 is 11.6 Å². The molecule has 1 atom stereocenters. The van der Waals surface area contributed by atoms with Crippen LogP contribution in [0.1, 0.15) is 11.7 Å². The minimum atomic E-state index is -0.677. The Morgan fingerprint density at radius 3 is 2.88 bits per heavy atom. The second kappa shape index (κ2) is 4.65. The van der Waals surface area contributed by atoms with Crippen LogP contribution in [0.25, 0.3) is 5.69 Å². The molecule has 0 saturated carbocycles. The number of benzene rings is 1. The van der Waals surface area contributed by atoms with E-state index in [1.165, 1.54) is 0 Å². The van der Waals surface area contributed by atoms with Gasteiger partial charge in [-0.15, -0.1) is 0 Å². The molecule has 1 unspecified atom stereocenters. The number of aromatic nitrogens is 2. The highest BCUT2D eigenvalue weighted by Crippen LogP contribution is 2.24. The van der Waals surface area contributed by atoms with Crippen LogP contribution >= 0.6 is 11.6 Å². The summed E-state index contributed by atoms with van der Waals surface area (Å²) in [6.45, 7) is 0.178. The molecule has 0 aliphatic heterocycles. The number of hydrogen-bond acceptors (Lipinski definition) is 3. The topological polar surface area (TPSA) is 64.1 Å². The van der Waals surface area contributed by atoms with Gasteiger partial charge in [0, 0.05) is 18.9 Å². The summed E-state index contributed by atoms with van der Waals surface area (Å²) in [6.07, 6.45) is 2.81. The van der Waals surface area contributed by atoms with Gasteiger partial charge in [-0.3, -0.25) is 0 Å². The van der Waals surface area contributed by atoms with Crippen LogP contribution < -0.4 is 5.73 Å². The molecule has 1 heterocycles. The van der Waals surface area contributed by atoms with E-state index in [0.29, 0.717) is 10.6 Å². The second-order valence-corrected chi connectivity index (χ2v) is 3.82. The predicted octanol–water partition coefficient (Wildman–Crippen LogP) is 1.52. The fraction of sp³-hybridized carbons (Fsp3) is 0.182. The molecule has 0 spiro atoms. The van der Waals surface area contributed by atoms with Crippen molar-refractivity contribution in [1.82, 2.24) is 9.78 Å². The molecular weight excluding hydrogens is 226 g/mol. The molecule has 0 bridgehead atoms. The molecule has 1 aromatic carbocycles. The van der Waals surface area contributed by atoms with Gasteiger partial charge in [-0.2, -0.15) is 5.10 Å². The number of hydrogen-bond donors (Lipinski definition) is 2. The van der Waals surface area contributed by atoms with Crippen LogP contribution in [0.5, 0.6) is 0 Å². The van der Waals surface area contributed by atoms with E-state index in [4.69, 9.17) is 17.3 Å². The molecule has 2 rings (SSSR count). The zero-order valence-corrected chi connectivity index (χ0v) is 9.30. The van der Waals surface area contributed by atoms with E-state index in [2.05, 4.69) is 5.10 Å². The summed E-state index contributed by atoms with van der Waals surface area (Å²) in [4.78, 5) is 0. The van der Waals surface area contributed by atoms with Crippen molar-refractivity contribution in [2.45, 2.75) is 6.10 Å². The SMILES string of the molecule is NCC(O)c1ccc(-n2cccn2)c(Cl)c1. The van der Waals surface area contributed by atoms with E-state index in [0.717, 1.165) is 5.69 Å². The van der Waals surface area contributed by atoms with Crippen molar-refractivity contribution in [3.05, 3.63) is 47.2 Å². The van der Waals surface area contributed by atoms with Gasteiger partial charge in [0.05, 0.1) is 16.8 Å². The third kappa shape index (κ3) is 2.09. The largest absolute Gasteiger partial charge is 0.387 e. The lowest BCUT2D eigenvalue weighted by Gasteiger charge is -2.10. The average Bonchev–Trinajstić information content (AvgIpc) is 2.81. The van der Waals surface area contributed by atoms with E-state index in [9.17, 15) is 5.11 Å². The monoisotopic (exact) mass is 237 g/mol. The first-order chi connectivity index (χ1) is 7.72. The van der Waals surface area contributed by atoms with Crippen molar-refractivity contribution in [3.8, 4) is 5.69 Å². The normalized spacial score (nSPS) is 12.7. The molecule has 0 aliphatic rings. The molecule has 4 nitrogen and oxygen atoms in total. The average molecular weight is 238 g/mol. The smallest absolute Gasteiger partial charge is 0.0912 e. The Morgan fingerprint density at radius 1 is 1.50 bits per heavy atom. The van der Waals surface area contributed by atoms with Crippen molar-refractivity contribution in [2.75, 3.05) is 6.54 Å². The molecule has 0 saturated heterocycles. The molecule has 16 heavy (non-hydrogen) atoms. The highest BCUT2D eigenvalue weighted by Gasteiger charge is 2.09. The van der Waals surface area contributed by atoms with Crippen LogP contribution in [-0.2, 0) is 0 Å². The Hall–Kier alpha value is -1.36. The van der Waals surface area contributed by atoms with Crippen LogP contribution in [0.2, 0.25) is 5.02 Å². The van der Waals surface area contributed by atoms with E-state index >= 15 is 0 Å². The van der Waals surface area contributed by atoms with Crippen LogP contribution in [0.3, 0.4) is 0 Å². The fourth-order valence-electron chi connectivity index (χ4n) is 1.46. The molecule has 1 aromatic heterocycles. The minimum Gasteiger partial charge on any atom is -0.387 e. The molecule has 3 N–H and O–H groups in total. The second-order valence-electron chi connectivity index (χ2n) is 3.41. The summed E-state index contributed by atoms with van der Waals surface area (Å²) < 4.78 is 1.67. The first-order valence-corrected chi connectivity index (χ1v) is 5.28. The van der Waals surface area contributed by atoms with E-state index in [-0.39, 0.29) is 6.54 Å². The third-order valence-electron chi connectivity index (χ3n) is 2.33. The van der Waals surface area contributed by atoms with Gasteiger partial charge in [-0.1, -0.05) is 17.7 Å². The number of rotatable bonds is 3. The maximum Gasteiger partial charge on any atom is 0.0912 e. The molecule has 0 amide bonds. The lowest BCUT2D eigenvalue weighted by molar-refractivity contribution is 0.187. The van der Waals surface area contributed by atoms with Gasteiger partial charge >= 0.3 is 0 Å². The molecule has 84 valence electrons. The van der Waals surface area contributed by atoms with Gasteiger partial charge in [-0.25, -0.2) is 4.68 Å². The Balaban J connectivity index is 2.37. The van der Waals surface area contributed by atoms with Crippen molar-refractivity contribution in [3.63, 3.8) is 0 Å². The maximum absolute atomic E-state index is 9.57. The van der Waals surface area contributed by atoms with Gasteiger partial charge < -0.3 is 10.8 Å². The number of aliphatic hydroxyl groups excluding tert-OH is 1. The summed E-state index contributed by atoms with van der Waals surface area (Å²) in [7, 11) is 0. The lowest BCUT2D eigenvalue weighted by Crippen LogP contribution is -2.11. The third-order valence-corrected chi connectivity index (χ3v) is 2.63. The molecule has 0 fully saturated rings. The summed E-state index contributed by atoms with van der Waals surface area (Å²) in [5, 5.41) is 14.2. The van der Waals surface area contributed by atoms with Crippen LogP contribution in [0.4, 0.5) is 0 Å². The zero-order chi connectivity index (χ0) is 11.5. The predicted molar refractivity (Wildman–Crippen MR) is 62.6 cm³/mol. The first-order valence-electron chi connectivity index (χ1n) is 4.90. The quantitative estimate of drug-likeness (QED) is 0.851. The van der Waals surface area contributed by atoms with Gasteiger partial charge in [0.1, 0.15) is 0 Å². The first kappa shape index (κ1) is 11.1. The van der Waals surface area contributed by atoms with Gasteiger partial charge in [0.25, 0.3) is 0 Å². The lowest BCUT2D eigenvalue weighted by atomic mass is 10.1. The number of halogens is 1. The summed E-state index contributed by atoms with van der Waals surface area (Å²) in [5.41, 5.74) is 6.87. The Bertz CT molecular complexity index is 470. The highest BCUT2D eigenvalue weighted by atomic mass is 35.5. The Morgan fingerprint density at radius 2 is 2.31 bits per heavy atom. The number of nitrogens with zero attached hydrogens (tertiary/aromatic N) is 2. The van der Waals surface area contributed by atoms with E-state index in [1.54, 1.807) is 29.2 Å². The van der Waals surface area contributed by atoms with Crippen molar-refractivity contribution in [1.29, 1.82) is 0 Å². The summed E-state index contributed by atoms with van der Waals surface area (Å²) in [6, 6.07) is 7.12. The maximum atomic E-state index is 9.57. The van der Waals surface area contributed by atoms with Gasteiger partial charge in [-0.05, 0) is 23.8 Å². The molecule has 0 radical (unpaired) electrons.